The van der Waals surface area contributed by atoms with Gasteiger partial charge in [0.25, 0.3) is 0 Å². The van der Waals surface area contributed by atoms with Crippen LogP contribution in [-0.4, -0.2) is 10.1 Å². The number of hydrogen-bond acceptors (Lipinski definition) is 3. The van der Waals surface area contributed by atoms with Crippen molar-refractivity contribution < 1.29 is 9.50 Å². The van der Waals surface area contributed by atoms with E-state index in [1.165, 1.54) is 17.4 Å². The molecule has 0 spiro atoms. The van der Waals surface area contributed by atoms with E-state index < -0.39 is 5.60 Å². The maximum Gasteiger partial charge on any atom is 0.132 e. The van der Waals surface area contributed by atoms with Gasteiger partial charge >= 0.3 is 0 Å². The molecule has 90 valence electrons. The number of aromatic nitrogens is 1. The molecule has 0 saturated heterocycles. The molecule has 1 heterocycles. The first-order chi connectivity index (χ1) is 7.88. The van der Waals surface area contributed by atoms with Gasteiger partial charge in [-0.1, -0.05) is 15.9 Å². The second-order valence-electron chi connectivity index (χ2n) is 4.22. The van der Waals surface area contributed by atoms with Crippen molar-refractivity contribution in [1.82, 2.24) is 4.98 Å². The molecule has 1 aromatic carbocycles. The van der Waals surface area contributed by atoms with E-state index in [0.717, 1.165) is 4.47 Å². The predicted molar refractivity (Wildman–Crippen MR) is 70.5 cm³/mol. The molecule has 0 saturated carbocycles. The van der Waals surface area contributed by atoms with Crippen molar-refractivity contribution in [3.8, 4) is 11.3 Å². The summed E-state index contributed by atoms with van der Waals surface area (Å²) in [6.45, 7) is 3.32. The normalized spacial score (nSPS) is 11.8. The van der Waals surface area contributed by atoms with Gasteiger partial charge in [0.2, 0.25) is 0 Å². The number of nitrogens with zero attached hydrogens (tertiary/aromatic N) is 1. The summed E-state index contributed by atoms with van der Waals surface area (Å²) in [6, 6.07) is 4.71. The smallest absolute Gasteiger partial charge is 0.132 e. The van der Waals surface area contributed by atoms with E-state index in [1.54, 1.807) is 31.4 Å². The van der Waals surface area contributed by atoms with Crippen molar-refractivity contribution in [2.24, 2.45) is 0 Å². The van der Waals surface area contributed by atoms with Gasteiger partial charge in [-0.25, -0.2) is 9.37 Å². The lowest BCUT2D eigenvalue weighted by Crippen LogP contribution is -2.14. The maximum atomic E-state index is 13.6. The highest BCUT2D eigenvalue weighted by Gasteiger charge is 2.21. The Balaban J connectivity index is 2.47. The number of thiazole rings is 1. The molecule has 0 aliphatic rings. The van der Waals surface area contributed by atoms with Crippen LogP contribution >= 0.6 is 27.3 Å². The first kappa shape index (κ1) is 12.7. The lowest BCUT2D eigenvalue weighted by atomic mass is 10.1. The fourth-order valence-corrected chi connectivity index (χ4v) is 2.58. The summed E-state index contributed by atoms with van der Waals surface area (Å²) < 4.78 is 14.4. The van der Waals surface area contributed by atoms with Crippen molar-refractivity contribution in [1.29, 1.82) is 0 Å². The zero-order valence-electron chi connectivity index (χ0n) is 9.37. The van der Waals surface area contributed by atoms with Crippen molar-refractivity contribution in [3.05, 3.63) is 38.9 Å². The van der Waals surface area contributed by atoms with E-state index in [2.05, 4.69) is 20.9 Å². The Morgan fingerprint density at radius 1 is 1.41 bits per heavy atom. The van der Waals surface area contributed by atoms with Gasteiger partial charge in [0.15, 0.2) is 0 Å². The molecule has 2 aromatic rings. The maximum absolute atomic E-state index is 13.6. The van der Waals surface area contributed by atoms with Gasteiger partial charge in [0.05, 0.1) is 5.69 Å². The molecule has 1 aromatic heterocycles. The van der Waals surface area contributed by atoms with Crippen LogP contribution in [0, 0.1) is 5.82 Å². The minimum Gasteiger partial charge on any atom is -0.383 e. The zero-order chi connectivity index (χ0) is 12.6. The van der Waals surface area contributed by atoms with Gasteiger partial charge in [0, 0.05) is 15.4 Å². The van der Waals surface area contributed by atoms with E-state index in [9.17, 15) is 9.50 Å². The van der Waals surface area contributed by atoms with Crippen molar-refractivity contribution >= 4 is 27.3 Å². The summed E-state index contributed by atoms with van der Waals surface area (Å²) in [5.74, 6) is -0.319. The van der Waals surface area contributed by atoms with Gasteiger partial charge in [-0.3, -0.25) is 0 Å². The Morgan fingerprint density at radius 2 is 2.12 bits per heavy atom. The van der Waals surface area contributed by atoms with Crippen LogP contribution in [0.1, 0.15) is 18.9 Å². The van der Waals surface area contributed by atoms with Crippen LogP contribution in [0.25, 0.3) is 11.3 Å². The molecule has 2 rings (SSSR count). The third kappa shape index (κ3) is 2.73. The fraction of sp³-hybridized carbons (Fsp3) is 0.250. The van der Waals surface area contributed by atoms with Crippen LogP contribution in [0.15, 0.2) is 28.1 Å². The highest BCUT2D eigenvalue weighted by Crippen LogP contribution is 2.31. The third-order valence-corrected chi connectivity index (χ3v) is 3.88. The average molecular weight is 316 g/mol. The molecule has 17 heavy (non-hydrogen) atoms. The molecule has 0 radical (unpaired) electrons. The Hall–Kier alpha value is -0.780. The summed E-state index contributed by atoms with van der Waals surface area (Å²) in [5.41, 5.74) is -0.0113. The summed E-state index contributed by atoms with van der Waals surface area (Å²) in [4.78, 5) is 4.26. The number of hydrogen-bond donors (Lipinski definition) is 1. The second kappa shape index (κ2) is 4.48. The first-order valence-electron chi connectivity index (χ1n) is 5.02. The largest absolute Gasteiger partial charge is 0.383 e. The molecule has 0 atom stereocenters. The monoisotopic (exact) mass is 315 g/mol. The minimum absolute atomic E-state index is 0.319. The molecule has 0 aliphatic carbocycles. The van der Waals surface area contributed by atoms with Crippen LogP contribution in [0.2, 0.25) is 0 Å². The van der Waals surface area contributed by atoms with Gasteiger partial charge in [0.1, 0.15) is 16.4 Å². The Bertz CT molecular complexity index is 548. The van der Waals surface area contributed by atoms with Crippen molar-refractivity contribution in [2.45, 2.75) is 19.4 Å². The quantitative estimate of drug-likeness (QED) is 0.910. The van der Waals surface area contributed by atoms with Crippen LogP contribution in [0.5, 0.6) is 0 Å². The van der Waals surface area contributed by atoms with Crippen LogP contribution in [-0.2, 0) is 5.60 Å². The number of benzene rings is 1. The molecule has 0 unspecified atom stereocenters. The average Bonchev–Trinajstić information content (AvgIpc) is 2.70. The lowest BCUT2D eigenvalue weighted by molar-refractivity contribution is 0.0783. The van der Waals surface area contributed by atoms with Crippen molar-refractivity contribution in [3.63, 3.8) is 0 Å². The van der Waals surface area contributed by atoms with Crippen molar-refractivity contribution in [2.75, 3.05) is 0 Å². The Kier molecular flexibility index (Phi) is 3.34. The third-order valence-electron chi connectivity index (χ3n) is 2.23. The topological polar surface area (TPSA) is 33.1 Å². The van der Waals surface area contributed by atoms with E-state index in [4.69, 9.17) is 0 Å². The Morgan fingerprint density at radius 3 is 2.71 bits per heavy atom. The fourth-order valence-electron chi connectivity index (χ4n) is 1.37. The molecular weight excluding hydrogens is 305 g/mol. The standard InChI is InChI=1S/C12H11BrFNOS/c1-12(2,16)11-15-10(6-17-11)8-5-7(13)3-4-9(8)14/h3-6,16H,1-2H3. The molecule has 0 amide bonds. The van der Waals surface area contributed by atoms with Gasteiger partial charge in [-0.15, -0.1) is 11.3 Å². The molecule has 2 nitrogen and oxygen atoms in total. The highest BCUT2D eigenvalue weighted by molar-refractivity contribution is 9.10. The molecular formula is C12H11BrFNOS. The molecule has 0 fully saturated rings. The predicted octanol–water partition coefficient (Wildman–Crippen LogP) is 3.94. The van der Waals surface area contributed by atoms with Gasteiger partial charge in [-0.05, 0) is 32.0 Å². The Labute approximate surface area is 111 Å². The zero-order valence-corrected chi connectivity index (χ0v) is 11.8. The number of halogens is 2. The number of aliphatic hydroxyl groups is 1. The summed E-state index contributed by atoms with van der Waals surface area (Å²) in [5, 5.41) is 12.1. The van der Waals surface area contributed by atoms with E-state index in [0.29, 0.717) is 16.3 Å². The van der Waals surface area contributed by atoms with E-state index in [-0.39, 0.29) is 5.82 Å². The second-order valence-corrected chi connectivity index (χ2v) is 5.99. The molecule has 0 aliphatic heterocycles. The molecule has 0 bridgehead atoms. The van der Waals surface area contributed by atoms with Gasteiger partial charge < -0.3 is 5.11 Å². The molecule has 1 N–H and O–H groups in total. The SMILES string of the molecule is CC(C)(O)c1nc(-c2cc(Br)ccc2F)cs1. The van der Waals surface area contributed by atoms with Crippen LogP contribution in [0.3, 0.4) is 0 Å². The highest BCUT2D eigenvalue weighted by atomic mass is 79.9. The summed E-state index contributed by atoms with van der Waals surface area (Å²) in [6.07, 6.45) is 0. The van der Waals surface area contributed by atoms with Crippen LogP contribution < -0.4 is 0 Å². The van der Waals surface area contributed by atoms with Gasteiger partial charge in [-0.2, -0.15) is 0 Å². The van der Waals surface area contributed by atoms with Crippen LogP contribution in [0.4, 0.5) is 4.39 Å². The minimum atomic E-state index is -0.995. The van der Waals surface area contributed by atoms with E-state index >= 15 is 0 Å². The van der Waals surface area contributed by atoms with E-state index in [1.807, 2.05) is 0 Å². The first-order valence-corrected chi connectivity index (χ1v) is 6.69. The summed E-state index contributed by atoms with van der Waals surface area (Å²) >= 11 is 4.62. The lowest BCUT2D eigenvalue weighted by Gasteiger charge is -2.12. The number of rotatable bonds is 2. The molecule has 5 heteroatoms. The summed E-state index contributed by atoms with van der Waals surface area (Å²) in [7, 11) is 0.